The third-order valence-electron chi connectivity index (χ3n) is 0.598. The van der Waals surface area contributed by atoms with E-state index in [9.17, 15) is 0 Å². The Morgan fingerprint density at radius 2 is 2.25 bits per heavy atom. The van der Waals surface area contributed by atoms with Gasteiger partial charge in [0.25, 0.3) is 0 Å². The molecule has 0 aliphatic heterocycles. The van der Waals surface area contributed by atoms with Crippen LogP contribution in [0.5, 0.6) is 0 Å². The normalized spacial score (nSPS) is 9.00. The van der Waals surface area contributed by atoms with E-state index in [2.05, 4.69) is 9.63 Å². The first kappa shape index (κ1) is 7.78. The fraction of sp³-hybridized carbons (Fsp3) is 1.00. The Balaban J connectivity index is 2.62. The molecular weight excluding hydrogens is 105 g/mol. The van der Waals surface area contributed by atoms with Crippen LogP contribution in [0.15, 0.2) is 4.90 Å². The second-order valence-electron chi connectivity index (χ2n) is 1.21. The second-order valence-corrected chi connectivity index (χ2v) is 1.21. The van der Waals surface area contributed by atoms with Gasteiger partial charge in [-0.15, -0.1) is 0 Å². The summed E-state index contributed by atoms with van der Waals surface area (Å²) in [6.45, 7) is 1.40. The van der Waals surface area contributed by atoms with Crippen LogP contribution in [0.25, 0.3) is 0 Å². The van der Waals surface area contributed by atoms with Crippen molar-refractivity contribution in [2.24, 2.45) is 4.90 Å². The van der Waals surface area contributed by atoms with Crippen molar-refractivity contribution in [3.8, 4) is 0 Å². The summed E-state index contributed by atoms with van der Waals surface area (Å²) in [5.74, 6) is 0. The number of hydrogen-bond donors (Lipinski definition) is 0. The molecule has 0 aromatic rings. The molecule has 3 nitrogen and oxygen atoms in total. The quantitative estimate of drug-likeness (QED) is 0.370. The Kier molecular flexibility index (Phi) is 6.60. The average Bonchev–Trinajstić information content (AvgIpc) is 1.81. The van der Waals surface area contributed by atoms with Gasteiger partial charge in [-0.1, -0.05) is 0 Å². The Morgan fingerprint density at radius 3 is 2.75 bits per heavy atom. The average molecular weight is 114 g/mol. The molecule has 0 bridgehead atoms. The van der Waals surface area contributed by atoms with E-state index in [0.717, 1.165) is 0 Å². The number of rotatable bonds is 5. The zero-order valence-corrected chi connectivity index (χ0v) is 4.96. The van der Waals surface area contributed by atoms with Gasteiger partial charge in [-0.25, -0.2) is 0 Å². The van der Waals surface area contributed by atoms with E-state index < -0.39 is 0 Å². The summed E-state index contributed by atoms with van der Waals surface area (Å²) >= 11 is 0. The second kappa shape index (κ2) is 6.78. The molecule has 0 atom stereocenters. The van der Waals surface area contributed by atoms with E-state index in [0.29, 0.717) is 13.2 Å². The Labute approximate surface area is 50.1 Å². The molecule has 0 amide bonds. The fourth-order valence-electron chi connectivity index (χ4n) is 0.260. The van der Waals surface area contributed by atoms with Crippen LogP contribution in [0.3, 0.4) is 0 Å². The van der Waals surface area contributed by atoms with Gasteiger partial charge in [0, 0.05) is 0 Å². The van der Waals surface area contributed by atoms with Crippen LogP contribution in [0.4, 0.5) is 0 Å². The third-order valence-corrected chi connectivity index (χ3v) is 0.598. The monoisotopic (exact) mass is 114 g/mol. The van der Waals surface area contributed by atoms with E-state index in [4.69, 9.17) is 12.4 Å². The van der Waals surface area contributed by atoms with Crippen molar-refractivity contribution < 1.29 is 9.47 Å². The van der Waals surface area contributed by atoms with Gasteiger partial charge >= 0.3 is 49.1 Å². The molecule has 0 aromatic carbocycles. The maximum atomic E-state index is 4.81. The van der Waals surface area contributed by atoms with Crippen molar-refractivity contribution in [3.63, 3.8) is 0 Å². The molecule has 0 heterocycles. The predicted molar refractivity (Wildman–Crippen MR) is 30.9 cm³/mol. The first-order valence-electron chi connectivity index (χ1n) is 2.35. The molecule has 1 radical (unpaired) electrons. The first-order chi connectivity index (χ1) is 3.91. The minimum absolute atomic E-state index is 0.253. The Bertz CT molecular complexity index is 60.0. The van der Waals surface area contributed by atoms with Gasteiger partial charge in [0.2, 0.25) is 0 Å². The van der Waals surface area contributed by atoms with Gasteiger partial charge in [-0.2, -0.15) is 0 Å². The number of methoxy groups -OCH3 is 1. The van der Waals surface area contributed by atoms with Crippen LogP contribution in [-0.4, -0.2) is 34.7 Å². The van der Waals surface area contributed by atoms with E-state index in [-0.39, 0.29) is 6.73 Å². The van der Waals surface area contributed by atoms with Crippen LogP contribution in [-0.2, 0) is 9.47 Å². The van der Waals surface area contributed by atoms with Crippen molar-refractivity contribution >= 4 is 7.64 Å². The standard InChI is InChI=1S/C4H9BNO2/c1-7-2-3-8-4-6-5/h2-4H2,1H3. The van der Waals surface area contributed by atoms with Crippen LogP contribution < -0.4 is 0 Å². The molecule has 0 fully saturated rings. The Hall–Kier alpha value is -0.215. The summed E-state index contributed by atoms with van der Waals surface area (Å²) in [6, 6.07) is 0. The number of nitrogens with zero attached hydrogens (tertiary/aromatic N) is 1. The molecule has 0 unspecified atom stereocenters. The molecule has 0 N–H and O–H groups in total. The van der Waals surface area contributed by atoms with Crippen molar-refractivity contribution in [2.45, 2.75) is 0 Å². The molecule has 45 valence electrons. The predicted octanol–water partition coefficient (Wildman–Crippen LogP) is -0.0410. The fourth-order valence-corrected chi connectivity index (χ4v) is 0.260. The molecule has 0 saturated heterocycles. The molecule has 0 aromatic heterocycles. The minimum atomic E-state index is 0.253. The third kappa shape index (κ3) is 5.78. The molecule has 0 aliphatic carbocycles. The number of ether oxygens (including phenoxy) is 2. The maximum absolute atomic E-state index is 4.81. The molecule has 0 rings (SSSR count). The van der Waals surface area contributed by atoms with Gasteiger partial charge in [0.15, 0.2) is 0 Å². The molecule has 0 spiro atoms. The van der Waals surface area contributed by atoms with Crippen LogP contribution in [0.1, 0.15) is 0 Å². The van der Waals surface area contributed by atoms with E-state index >= 15 is 0 Å². The van der Waals surface area contributed by atoms with E-state index in [1.807, 2.05) is 0 Å². The van der Waals surface area contributed by atoms with E-state index in [1.165, 1.54) is 0 Å². The summed E-state index contributed by atoms with van der Waals surface area (Å²) in [7, 11) is 6.38. The van der Waals surface area contributed by atoms with Gasteiger partial charge in [0.1, 0.15) is 0 Å². The van der Waals surface area contributed by atoms with Crippen molar-refractivity contribution in [3.05, 3.63) is 0 Å². The summed E-state index contributed by atoms with van der Waals surface area (Å²) in [4.78, 5) is 3.23. The van der Waals surface area contributed by atoms with Gasteiger partial charge in [-0.05, 0) is 0 Å². The summed E-state index contributed by atoms with van der Waals surface area (Å²) in [6.07, 6.45) is 0. The van der Waals surface area contributed by atoms with Crippen molar-refractivity contribution in [1.82, 2.24) is 0 Å². The molecule has 4 heteroatoms. The van der Waals surface area contributed by atoms with Gasteiger partial charge < -0.3 is 0 Å². The molecular formula is C4H9BNO2. The first-order valence-corrected chi connectivity index (χ1v) is 2.35. The summed E-state index contributed by atoms with van der Waals surface area (Å²) < 4.78 is 9.49. The van der Waals surface area contributed by atoms with E-state index in [1.54, 1.807) is 7.11 Å². The SMILES string of the molecule is [B]=NCOCCOC. The van der Waals surface area contributed by atoms with Crippen molar-refractivity contribution in [1.29, 1.82) is 0 Å². The van der Waals surface area contributed by atoms with Crippen LogP contribution in [0.2, 0.25) is 0 Å². The topological polar surface area (TPSA) is 30.8 Å². The van der Waals surface area contributed by atoms with Crippen LogP contribution >= 0.6 is 0 Å². The summed E-state index contributed by atoms with van der Waals surface area (Å²) in [5, 5.41) is 0. The molecule has 8 heavy (non-hydrogen) atoms. The number of hydrogen-bond acceptors (Lipinski definition) is 3. The zero-order chi connectivity index (χ0) is 6.24. The molecule has 0 saturated carbocycles. The summed E-state index contributed by atoms with van der Waals surface area (Å²) in [5.41, 5.74) is 0. The van der Waals surface area contributed by atoms with Gasteiger partial charge in [0.05, 0.1) is 0 Å². The Morgan fingerprint density at radius 1 is 1.50 bits per heavy atom. The van der Waals surface area contributed by atoms with Crippen molar-refractivity contribution in [2.75, 3.05) is 27.1 Å². The van der Waals surface area contributed by atoms with Gasteiger partial charge in [-0.3, -0.25) is 0 Å². The zero-order valence-electron chi connectivity index (χ0n) is 4.96. The van der Waals surface area contributed by atoms with Crippen LogP contribution in [0, 0.1) is 0 Å². The molecule has 0 aliphatic rings.